The van der Waals surface area contributed by atoms with Crippen molar-refractivity contribution in [2.24, 2.45) is 22.6 Å². The molecule has 1 rings (SSSR count). The van der Waals surface area contributed by atoms with Crippen LogP contribution in [0.3, 0.4) is 0 Å². The van der Waals surface area contributed by atoms with E-state index in [1.54, 1.807) is 0 Å². The van der Waals surface area contributed by atoms with Crippen molar-refractivity contribution >= 4 is 35.8 Å². The van der Waals surface area contributed by atoms with E-state index in [-0.39, 0.29) is 35.8 Å². The molecule has 6 heteroatoms. The zero-order valence-corrected chi connectivity index (χ0v) is 17.3. The van der Waals surface area contributed by atoms with Crippen LogP contribution in [-0.4, -0.2) is 31.0 Å². The van der Waals surface area contributed by atoms with Crippen LogP contribution in [0.1, 0.15) is 65.7 Å². The molecule has 0 saturated heterocycles. The van der Waals surface area contributed by atoms with Crippen LogP contribution in [0, 0.1) is 11.8 Å². The molecule has 1 unspecified atom stereocenters. The molecule has 0 aromatic heterocycles. The van der Waals surface area contributed by atoms with Gasteiger partial charge in [-0.05, 0) is 38.5 Å². The molecule has 0 radical (unpaired) electrons. The van der Waals surface area contributed by atoms with Gasteiger partial charge in [-0.3, -0.25) is 9.79 Å². The topological polar surface area (TPSA) is 79.5 Å². The van der Waals surface area contributed by atoms with Crippen LogP contribution >= 0.6 is 24.0 Å². The Balaban J connectivity index is 0.00000484. The zero-order chi connectivity index (χ0) is 16.4. The molecule has 1 aliphatic carbocycles. The van der Waals surface area contributed by atoms with Crippen LogP contribution in [0.5, 0.6) is 0 Å². The maximum Gasteiger partial charge on any atom is 0.223 e. The second-order valence-electron chi connectivity index (χ2n) is 6.91. The minimum atomic E-state index is 0. The van der Waals surface area contributed by atoms with Gasteiger partial charge in [-0.25, -0.2) is 0 Å². The fraction of sp³-hybridized carbons (Fsp3) is 0.882. The standard InChI is InChI=1S/C17H34N4O.HI/c1-13(2)7-4-8-14(3)21-17(18)20-12-6-11-19-16(22)15-9-5-10-15;/h13-15H,4-12H2,1-3H3,(H,19,22)(H3,18,20,21);1H. The van der Waals surface area contributed by atoms with Crippen LogP contribution in [0.15, 0.2) is 4.99 Å². The van der Waals surface area contributed by atoms with Crippen molar-refractivity contribution in [1.29, 1.82) is 0 Å². The first-order valence-electron chi connectivity index (χ1n) is 8.83. The van der Waals surface area contributed by atoms with Crippen molar-refractivity contribution in [2.75, 3.05) is 13.1 Å². The van der Waals surface area contributed by atoms with E-state index >= 15 is 0 Å². The van der Waals surface area contributed by atoms with E-state index in [9.17, 15) is 4.79 Å². The summed E-state index contributed by atoms with van der Waals surface area (Å²) in [7, 11) is 0. The van der Waals surface area contributed by atoms with Crippen LogP contribution in [0.25, 0.3) is 0 Å². The molecule has 0 spiro atoms. The van der Waals surface area contributed by atoms with Gasteiger partial charge in [0, 0.05) is 25.0 Å². The first-order valence-corrected chi connectivity index (χ1v) is 8.83. The van der Waals surface area contributed by atoms with E-state index in [1.165, 1.54) is 19.3 Å². The number of nitrogens with one attached hydrogen (secondary N) is 2. The summed E-state index contributed by atoms with van der Waals surface area (Å²) in [5.74, 6) is 1.75. The predicted octanol–water partition coefficient (Wildman–Crippen LogP) is 3.03. The molecule has 1 fully saturated rings. The van der Waals surface area contributed by atoms with Crippen LogP contribution in [0.2, 0.25) is 0 Å². The van der Waals surface area contributed by atoms with Gasteiger partial charge in [-0.15, -0.1) is 24.0 Å². The number of amides is 1. The Morgan fingerprint density at radius 2 is 1.91 bits per heavy atom. The monoisotopic (exact) mass is 438 g/mol. The number of guanidine groups is 1. The first-order chi connectivity index (χ1) is 10.5. The first kappa shape index (κ1) is 22.5. The molecule has 0 aromatic rings. The van der Waals surface area contributed by atoms with E-state index in [0.29, 0.717) is 25.1 Å². The Bertz CT molecular complexity index is 357. The highest BCUT2D eigenvalue weighted by Gasteiger charge is 2.24. The van der Waals surface area contributed by atoms with E-state index in [0.717, 1.165) is 31.6 Å². The summed E-state index contributed by atoms with van der Waals surface area (Å²) < 4.78 is 0. The summed E-state index contributed by atoms with van der Waals surface area (Å²) in [5.41, 5.74) is 5.88. The van der Waals surface area contributed by atoms with Crippen molar-refractivity contribution in [1.82, 2.24) is 10.6 Å². The van der Waals surface area contributed by atoms with Crippen molar-refractivity contribution in [3.05, 3.63) is 0 Å². The third-order valence-electron chi connectivity index (χ3n) is 4.21. The summed E-state index contributed by atoms with van der Waals surface area (Å²) in [6, 6.07) is 0.362. The molecule has 0 bridgehead atoms. The second-order valence-corrected chi connectivity index (χ2v) is 6.91. The summed E-state index contributed by atoms with van der Waals surface area (Å²) in [6.45, 7) is 7.98. The highest BCUT2D eigenvalue weighted by Crippen LogP contribution is 2.25. The van der Waals surface area contributed by atoms with E-state index in [4.69, 9.17) is 5.73 Å². The minimum absolute atomic E-state index is 0. The number of rotatable bonds is 10. The quantitative estimate of drug-likeness (QED) is 0.212. The van der Waals surface area contributed by atoms with Gasteiger partial charge in [0.25, 0.3) is 0 Å². The lowest BCUT2D eigenvalue weighted by Gasteiger charge is -2.23. The van der Waals surface area contributed by atoms with Gasteiger partial charge < -0.3 is 16.4 Å². The summed E-state index contributed by atoms with van der Waals surface area (Å²) >= 11 is 0. The molecular weight excluding hydrogens is 403 g/mol. The van der Waals surface area contributed by atoms with Crippen molar-refractivity contribution in [3.8, 4) is 0 Å². The van der Waals surface area contributed by atoms with Crippen LogP contribution in [-0.2, 0) is 4.79 Å². The predicted molar refractivity (Wildman–Crippen MR) is 108 cm³/mol. The smallest absolute Gasteiger partial charge is 0.223 e. The number of nitrogens with zero attached hydrogens (tertiary/aromatic N) is 1. The molecular formula is C17H35IN4O. The van der Waals surface area contributed by atoms with Crippen molar-refractivity contribution < 1.29 is 4.79 Å². The molecule has 136 valence electrons. The number of carbonyl (C=O) groups is 1. The Morgan fingerprint density at radius 3 is 2.48 bits per heavy atom. The Morgan fingerprint density at radius 1 is 1.22 bits per heavy atom. The molecule has 1 saturated carbocycles. The average Bonchev–Trinajstić information content (AvgIpc) is 2.35. The van der Waals surface area contributed by atoms with Crippen LogP contribution in [0.4, 0.5) is 0 Å². The van der Waals surface area contributed by atoms with E-state index in [1.807, 2.05) is 0 Å². The summed E-state index contributed by atoms with van der Waals surface area (Å²) in [4.78, 5) is 15.9. The molecule has 23 heavy (non-hydrogen) atoms. The summed E-state index contributed by atoms with van der Waals surface area (Å²) in [6.07, 6.45) is 7.72. The van der Waals surface area contributed by atoms with Gasteiger partial charge in [-0.1, -0.05) is 33.1 Å². The average molecular weight is 438 g/mol. The maximum atomic E-state index is 11.6. The number of halogens is 1. The highest BCUT2D eigenvalue weighted by molar-refractivity contribution is 14.0. The summed E-state index contributed by atoms with van der Waals surface area (Å²) in [5, 5.41) is 6.20. The Kier molecular flexibility index (Phi) is 12.5. The molecule has 0 heterocycles. The van der Waals surface area contributed by atoms with Gasteiger partial charge in [0.1, 0.15) is 0 Å². The molecule has 0 aromatic carbocycles. The fourth-order valence-corrected chi connectivity index (χ4v) is 2.51. The van der Waals surface area contributed by atoms with E-state index in [2.05, 4.69) is 36.4 Å². The Labute approximate surface area is 158 Å². The minimum Gasteiger partial charge on any atom is -0.370 e. The van der Waals surface area contributed by atoms with Gasteiger partial charge in [0.15, 0.2) is 5.96 Å². The zero-order valence-electron chi connectivity index (χ0n) is 14.9. The van der Waals surface area contributed by atoms with Gasteiger partial charge in [0.05, 0.1) is 0 Å². The molecule has 1 aliphatic rings. The highest BCUT2D eigenvalue weighted by atomic mass is 127. The number of hydrogen-bond donors (Lipinski definition) is 3. The SMILES string of the molecule is CC(C)CCCC(C)NC(N)=NCCCNC(=O)C1CCC1.I. The molecule has 1 amide bonds. The maximum absolute atomic E-state index is 11.6. The molecule has 0 aliphatic heterocycles. The lowest BCUT2D eigenvalue weighted by molar-refractivity contribution is -0.127. The van der Waals surface area contributed by atoms with Gasteiger partial charge in [0.2, 0.25) is 5.91 Å². The van der Waals surface area contributed by atoms with Crippen molar-refractivity contribution in [2.45, 2.75) is 71.8 Å². The van der Waals surface area contributed by atoms with Gasteiger partial charge >= 0.3 is 0 Å². The van der Waals surface area contributed by atoms with Crippen LogP contribution < -0.4 is 16.4 Å². The third kappa shape index (κ3) is 10.8. The largest absolute Gasteiger partial charge is 0.370 e. The lowest BCUT2D eigenvalue weighted by Crippen LogP contribution is -2.38. The van der Waals surface area contributed by atoms with Crippen molar-refractivity contribution in [3.63, 3.8) is 0 Å². The Hall–Kier alpha value is -0.530. The fourth-order valence-electron chi connectivity index (χ4n) is 2.51. The molecule has 1 atom stereocenters. The number of carbonyl (C=O) groups excluding carboxylic acids is 1. The normalized spacial score (nSPS) is 16.4. The van der Waals surface area contributed by atoms with E-state index < -0.39 is 0 Å². The number of aliphatic imine (C=N–C) groups is 1. The van der Waals surface area contributed by atoms with Gasteiger partial charge in [-0.2, -0.15) is 0 Å². The molecule has 5 nitrogen and oxygen atoms in total. The second kappa shape index (κ2) is 12.8. The number of hydrogen-bond acceptors (Lipinski definition) is 2. The molecule has 4 N–H and O–H groups in total. The third-order valence-corrected chi connectivity index (χ3v) is 4.21. The lowest BCUT2D eigenvalue weighted by atomic mass is 9.85. The number of nitrogens with two attached hydrogens (primary N) is 1.